The minimum absolute atomic E-state index is 0.00827. The number of carbonyl (C=O) groups is 1. The van der Waals surface area contributed by atoms with Gasteiger partial charge in [-0.3, -0.25) is 4.79 Å². The van der Waals surface area contributed by atoms with Crippen molar-refractivity contribution in [2.24, 2.45) is 5.41 Å². The van der Waals surface area contributed by atoms with Crippen LogP contribution in [-0.2, 0) is 4.79 Å². The molecule has 0 saturated carbocycles. The van der Waals surface area contributed by atoms with Crippen molar-refractivity contribution in [2.75, 3.05) is 19.8 Å². The molecule has 1 amide bonds. The fourth-order valence-electron chi connectivity index (χ4n) is 1.10. The second-order valence-electron chi connectivity index (χ2n) is 3.94. The second-order valence-corrected chi connectivity index (χ2v) is 4.64. The first-order valence-electron chi connectivity index (χ1n) is 5.19. The van der Waals surface area contributed by atoms with Crippen LogP contribution in [0.2, 0.25) is 6.04 Å². The van der Waals surface area contributed by atoms with E-state index < -0.39 is 17.4 Å². The van der Waals surface area contributed by atoms with Crippen molar-refractivity contribution in [3.05, 3.63) is 0 Å². The maximum atomic E-state index is 11.4. The first-order chi connectivity index (χ1) is 7.01. The quantitative estimate of drug-likeness (QED) is 0.293. The largest absolute Gasteiger partial charge is 0.396 e. The minimum Gasteiger partial charge on any atom is -0.396 e. The van der Waals surface area contributed by atoms with Crippen LogP contribution in [0.4, 0.5) is 0 Å². The van der Waals surface area contributed by atoms with Gasteiger partial charge >= 0.3 is 0 Å². The van der Waals surface area contributed by atoms with Crippen LogP contribution < -0.4 is 5.32 Å². The van der Waals surface area contributed by atoms with Gasteiger partial charge in [-0.25, -0.2) is 0 Å². The summed E-state index contributed by atoms with van der Waals surface area (Å²) in [5.74, 6) is -0.476. The number of carbonyl (C=O) groups excluding carboxylic acids is 1. The van der Waals surface area contributed by atoms with Gasteiger partial charge in [0.05, 0.1) is 6.61 Å². The summed E-state index contributed by atoms with van der Waals surface area (Å²) >= 11 is 0. The Balaban J connectivity index is 4.17. The number of nitrogens with one attached hydrogen (secondary N) is 1. The molecule has 0 saturated heterocycles. The Labute approximate surface area is 92.9 Å². The lowest BCUT2D eigenvalue weighted by Crippen LogP contribution is -2.47. The molecular formula is C9H21NO4Si. The van der Waals surface area contributed by atoms with E-state index in [1.165, 1.54) is 0 Å². The molecule has 0 spiro atoms. The van der Waals surface area contributed by atoms with Crippen molar-refractivity contribution in [3.63, 3.8) is 0 Å². The van der Waals surface area contributed by atoms with Gasteiger partial charge in [-0.1, -0.05) is 13.0 Å². The van der Waals surface area contributed by atoms with Gasteiger partial charge < -0.3 is 20.6 Å². The molecule has 2 atom stereocenters. The highest BCUT2D eigenvalue weighted by atomic mass is 28.1. The van der Waals surface area contributed by atoms with Gasteiger partial charge in [0.1, 0.15) is 6.10 Å². The van der Waals surface area contributed by atoms with Crippen LogP contribution in [0.15, 0.2) is 0 Å². The molecule has 90 valence electrons. The Morgan fingerprint density at radius 3 is 2.53 bits per heavy atom. The lowest BCUT2D eigenvalue weighted by molar-refractivity contribution is -0.137. The predicted molar refractivity (Wildman–Crippen MR) is 60.7 cm³/mol. The molecule has 0 aliphatic rings. The van der Waals surface area contributed by atoms with Crippen LogP contribution in [0.5, 0.6) is 0 Å². The van der Waals surface area contributed by atoms with E-state index in [0.717, 1.165) is 10.2 Å². The summed E-state index contributed by atoms with van der Waals surface area (Å²) in [7, 11) is 0.816. The Bertz CT molecular complexity index is 197. The molecule has 0 aromatic heterocycles. The zero-order chi connectivity index (χ0) is 11.9. The molecule has 0 radical (unpaired) electrons. The Kier molecular flexibility index (Phi) is 6.74. The van der Waals surface area contributed by atoms with E-state index in [1.807, 2.05) is 0 Å². The molecule has 6 heteroatoms. The monoisotopic (exact) mass is 235 g/mol. The van der Waals surface area contributed by atoms with Crippen molar-refractivity contribution < 1.29 is 20.1 Å². The average molecular weight is 235 g/mol. The summed E-state index contributed by atoms with van der Waals surface area (Å²) < 4.78 is 0. The van der Waals surface area contributed by atoms with E-state index in [4.69, 9.17) is 10.2 Å². The predicted octanol–water partition coefficient (Wildman–Crippen LogP) is -2.37. The molecule has 0 heterocycles. The summed E-state index contributed by atoms with van der Waals surface area (Å²) in [5, 5.41) is 29.9. The lowest BCUT2D eigenvalue weighted by atomic mass is 9.86. The van der Waals surface area contributed by atoms with Crippen LogP contribution >= 0.6 is 0 Å². The van der Waals surface area contributed by atoms with Crippen LogP contribution in [0.1, 0.15) is 13.3 Å². The summed E-state index contributed by atoms with van der Waals surface area (Å²) in [6.07, 6.45) is -0.714. The summed E-state index contributed by atoms with van der Waals surface area (Å²) in [6, 6.07) is 0.651. The number of aliphatic hydroxyl groups is 3. The summed E-state index contributed by atoms with van der Waals surface area (Å²) in [6.45, 7) is 1.84. The number of hydrogen-bond donors (Lipinski definition) is 4. The summed E-state index contributed by atoms with van der Waals surface area (Å²) in [5.41, 5.74) is -0.741. The van der Waals surface area contributed by atoms with Gasteiger partial charge in [0, 0.05) is 28.8 Å². The van der Waals surface area contributed by atoms with Crippen molar-refractivity contribution in [1.29, 1.82) is 0 Å². The normalized spacial score (nSPS) is 17.1. The van der Waals surface area contributed by atoms with Crippen LogP contribution in [0.25, 0.3) is 0 Å². The highest BCUT2D eigenvalue weighted by Crippen LogP contribution is 2.24. The molecule has 0 aromatic rings. The van der Waals surface area contributed by atoms with Crippen molar-refractivity contribution in [2.45, 2.75) is 25.5 Å². The van der Waals surface area contributed by atoms with Crippen LogP contribution in [0.3, 0.4) is 0 Å². The average Bonchev–Trinajstić information content (AvgIpc) is 2.27. The number of aliphatic hydroxyl groups excluding tert-OH is 3. The van der Waals surface area contributed by atoms with Crippen molar-refractivity contribution in [3.8, 4) is 0 Å². The molecule has 0 aromatic carbocycles. The van der Waals surface area contributed by atoms with E-state index in [1.54, 1.807) is 6.92 Å². The Hall–Kier alpha value is -0.433. The third-order valence-corrected chi connectivity index (χ3v) is 4.33. The number of hydrogen-bond acceptors (Lipinski definition) is 4. The van der Waals surface area contributed by atoms with Crippen molar-refractivity contribution in [1.82, 2.24) is 5.32 Å². The fraction of sp³-hybridized carbons (Fsp3) is 0.889. The van der Waals surface area contributed by atoms with E-state index in [-0.39, 0.29) is 13.2 Å². The molecule has 4 N–H and O–H groups in total. The molecule has 15 heavy (non-hydrogen) atoms. The van der Waals surface area contributed by atoms with E-state index >= 15 is 0 Å². The van der Waals surface area contributed by atoms with Gasteiger partial charge in [0.25, 0.3) is 0 Å². The zero-order valence-electron chi connectivity index (χ0n) is 9.36. The molecule has 0 bridgehead atoms. The third kappa shape index (κ3) is 4.29. The SMILES string of the molecule is CC(CO)(C[SiH3])C(O)C(=O)NCCCO. The molecular weight excluding hydrogens is 214 g/mol. The number of amides is 1. The first kappa shape index (κ1) is 14.6. The standard InChI is InChI=1S/C9H21NO4Si/c1-9(5-12,6-15)7(13)8(14)10-3-2-4-11/h7,11-13H,2-6H2,1,15H3,(H,10,14). The van der Waals surface area contributed by atoms with Gasteiger partial charge in [0.15, 0.2) is 0 Å². The summed E-state index contributed by atoms with van der Waals surface area (Å²) in [4.78, 5) is 11.4. The highest BCUT2D eigenvalue weighted by molar-refractivity contribution is 6.09. The third-order valence-electron chi connectivity index (χ3n) is 2.71. The lowest BCUT2D eigenvalue weighted by Gasteiger charge is -2.30. The molecule has 0 aliphatic heterocycles. The molecule has 0 rings (SSSR count). The fourth-order valence-corrected chi connectivity index (χ4v) is 1.71. The second kappa shape index (κ2) is 6.94. The molecule has 0 aliphatic carbocycles. The minimum atomic E-state index is -1.18. The molecule has 0 fully saturated rings. The van der Waals surface area contributed by atoms with Gasteiger partial charge in [-0.15, -0.1) is 0 Å². The smallest absolute Gasteiger partial charge is 0.249 e. The van der Waals surface area contributed by atoms with Crippen LogP contribution in [0, 0.1) is 5.41 Å². The zero-order valence-corrected chi connectivity index (χ0v) is 11.4. The van der Waals surface area contributed by atoms with E-state index in [9.17, 15) is 9.90 Å². The van der Waals surface area contributed by atoms with Gasteiger partial charge in [-0.05, 0) is 6.42 Å². The van der Waals surface area contributed by atoms with Gasteiger partial charge in [0.2, 0.25) is 5.91 Å². The van der Waals surface area contributed by atoms with Gasteiger partial charge in [-0.2, -0.15) is 0 Å². The Morgan fingerprint density at radius 1 is 1.53 bits per heavy atom. The van der Waals surface area contributed by atoms with E-state index in [0.29, 0.717) is 19.0 Å². The topological polar surface area (TPSA) is 89.8 Å². The maximum Gasteiger partial charge on any atom is 0.249 e. The molecule has 5 nitrogen and oxygen atoms in total. The van der Waals surface area contributed by atoms with E-state index in [2.05, 4.69) is 5.32 Å². The Morgan fingerprint density at radius 2 is 2.13 bits per heavy atom. The first-order valence-corrected chi connectivity index (χ1v) is 6.60. The maximum absolute atomic E-state index is 11.4. The van der Waals surface area contributed by atoms with Crippen LogP contribution in [-0.4, -0.2) is 57.3 Å². The number of rotatable bonds is 7. The van der Waals surface area contributed by atoms with Crippen molar-refractivity contribution >= 4 is 16.1 Å². The highest BCUT2D eigenvalue weighted by Gasteiger charge is 2.35. The molecule has 2 unspecified atom stereocenters.